The summed E-state index contributed by atoms with van der Waals surface area (Å²) in [6, 6.07) is -0.160. The lowest BCUT2D eigenvalue weighted by atomic mass is 9.73. The van der Waals surface area contributed by atoms with Crippen molar-refractivity contribution < 1.29 is 9.59 Å². The zero-order valence-corrected chi connectivity index (χ0v) is 10.3. The molecule has 2 N–H and O–H groups in total. The van der Waals surface area contributed by atoms with Gasteiger partial charge in [-0.3, -0.25) is 10.1 Å². The van der Waals surface area contributed by atoms with Crippen LogP contribution in [0.4, 0.5) is 4.79 Å². The van der Waals surface area contributed by atoms with Gasteiger partial charge in [-0.15, -0.1) is 0 Å². The molecule has 3 rings (SSSR count). The Balaban J connectivity index is 2.04. The molecule has 2 bridgehead atoms. The predicted octanol–water partition coefficient (Wildman–Crippen LogP) is 0.399. The van der Waals surface area contributed by atoms with Crippen LogP contribution in [-0.4, -0.2) is 33.2 Å². The van der Waals surface area contributed by atoms with Crippen molar-refractivity contribution >= 4 is 34.8 Å². The van der Waals surface area contributed by atoms with E-state index in [0.717, 1.165) is 25.8 Å². The molecule has 5 nitrogen and oxygen atoms in total. The Bertz CT molecular complexity index is 348. The van der Waals surface area contributed by atoms with Gasteiger partial charge in [0.2, 0.25) is 0 Å². The number of nitrogens with one attached hydrogen (secondary N) is 2. The fraction of sp³-hybridized carbons (Fsp3) is 0.778. The number of halogens is 1. The summed E-state index contributed by atoms with van der Waals surface area (Å²) in [6.45, 7) is 0.902. The molecule has 3 aliphatic rings. The van der Waals surface area contributed by atoms with Gasteiger partial charge in [0.05, 0.1) is 6.04 Å². The normalized spacial score (nSPS) is 44.6. The molecule has 0 aromatic heterocycles. The van der Waals surface area contributed by atoms with Gasteiger partial charge in [-0.25, -0.2) is 7.91 Å². The highest BCUT2D eigenvalue weighted by Crippen LogP contribution is 2.46. The van der Waals surface area contributed by atoms with E-state index in [0.29, 0.717) is 0 Å². The number of urea groups is 1. The molecule has 0 aromatic carbocycles. The standard InChI is InChI=1S/C9H12IN3O2/c10-13-4-5-2-1-3-6(13)9(5)7(14)11-8(15)12-9/h5-6H,1-4H2,(H2,11,12,14,15). The van der Waals surface area contributed by atoms with E-state index in [1.54, 1.807) is 0 Å². The Morgan fingerprint density at radius 2 is 2.20 bits per heavy atom. The zero-order chi connectivity index (χ0) is 10.6. The largest absolute Gasteiger partial charge is 0.322 e. The van der Waals surface area contributed by atoms with Crippen molar-refractivity contribution in [3.05, 3.63) is 0 Å². The highest BCUT2D eigenvalue weighted by atomic mass is 127. The minimum atomic E-state index is -0.628. The number of nitrogens with zero attached hydrogens (tertiary/aromatic N) is 1. The Kier molecular flexibility index (Phi) is 2.01. The quantitative estimate of drug-likeness (QED) is 0.386. The van der Waals surface area contributed by atoms with Crippen molar-refractivity contribution in [1.82, 2.24) is 13.7 Å². The number of imide groups is 1. The fourth-order valence-electron chi connectivity index (χ4n) is 3.22. The van der Waals surface area contributed by atoms with Crippen LogP contribution >= 0.6 is 22.9 Å². The highest BCUT2D eigenvalue weighted by molar-refractivity contribution is 14.1. The fourth-order valence-corrected chi connectivity index (χ4v) is 4.42. The Hall–Kier alpha value is -0.370. The molecule has 3 atom stereocenters. The third-order valence-corrected chi connectivity index (χ3v) is 4.92. The molecule has 3 amide bonds. The molecule has 82 valence electrons. The van der Waals surface area contributed by atoms with Crippen molar-refractivity contribution in [1.29, 1.82) is 0 Å². The SMILES string of the molecule is O=C1NC(=O)C2(N1)C1CCCC2N(I)C1. The summed E-state index contributed by atoms with van der Waals surface area (Å²) in [5, 5.41) is 5.25. The van der Waals surface area contributed by atoms with E-state index in [9.17, 15) is 9.59 Å². The summed E-state index contributed by atoms with van der Waals surface area (Å²) >= 11 is 2.27. The first-order valence-electron chi connectivity index (χ1n) is 5.20. The Morgan fingerprint density at radius 1 is 1.40 bits per heavy atom. The van der Waals surface area contributed by atoms with Gasteiger partial charge >= 0.3 is 6.03 Å². The molecule has 1 aliphatic carbocycles. The van der Waals surface area contributed by atoms with Crippen molar-refractivity contribution in [2.45, 2.75) is 30.8 Å². The van der Waals surface area contributed by atoms with Gasteiger partial charge in [-0.05, 0) is 12.8 Å². The lowest BCUT2D eigenvalue weighted by Crippen LogP contribution is -2.60. The average molecular weight is 321 g/mol. The molecule has 2 saturated heterocycles. The topological polar surface area (TPSA) is 61.4 Å². The monoisotopic (exact) mass is 321 g/mol. The summed E-state index contributed by atoms with van der Waals surface area (Å²) in [6.07, 6.45) is 3.18. The van der Waals surface area contributed by atoms with Crippen LogP contribution in [0, 0.1) is 5.92 Å². The van der Waals surface area contributed by atoms with E-state index in [4.69, 9.17) is 0 Å². The molecular weight excluding hydrogens is 309 g/mol. The molecule has 3 fully saturated rings. The summed E-state index contributed by atoms with van der Waals surface area (Å²) in [4.78, 5) is 23.2. The molecule has 3 unspecified atom stereocenters. The second-order valence-electron chi connectivity index (χ2n) is 4.50. The van der Waals surface area contributed by atoms with Crippen molar-refractivity contribution in [2.24, 2.45) is 5.92 Å². The smallest absolute Gasteiger partial charge is 0.321 e. The molecule has 1 saturated carbocycles. The number of carbonyl (C=O) groups is 2. The number of hydrogen-bond acceptors (Lipinski definition) is 3. The first-order valence-corrected chi connectivity index (χ1v) is 6.17. The molecule has 1 spiro atoms. The van der Waals surface area contributed by atoms with Gasteiger partial charge < -0.3 is 5.32 Å². The minimum absolute atomic E-state index is 0.124. The second-order valence-corrected chi connectivity index (χ2v) is 5.74. The summed E-state index contributed by atoms with van der Waals surface area (Å²) < 4.78 is 2.18. The van der Waals surface area contributed by atoms with E-state index in [2.05, 4.69) is 36.6 Å². The number of hydrogen-bond donors (Lipinski definition) is 2. The zero-order valence-electron chi connectivity index (χ0n) is 8.12. The molecule has 2 aliphatic heterocycles. The van der Waals surface area contributed by atoms with E-state index < -0.39 is 5.54 Å². The van der Waals surface area contributed by atoms with Crippen LogP contribution in [0.2, 0.25) is 0 Å². The van der Waals surface area contributed by atoms with Gasteiger partial charge in [0, 0.05) is 35.3 Å². The summed E-state index contributed by atoms with van der Waals surface area (Å²) in [7, 11) is 0. The van der Waals surface area contributed by atoms with Crippen LogP contribution in [0.15, 0.2) is 0 Å². The van der Waals surface area contributed by atoms with Gasteiger partial charge in [-0.1, -0.05) is 6.42 Å². The Labute approximate surface area is 101 Å². The van der Waals surface area contributed by atoms with Crippen molar-refractivity contribution in [3.8, 4) is 0 Å². The van der Waals surface area contributed by atoms with E-state index in [1.165, 1.54) is 0 Å². The van der Waals surface area contributed by atoms with Crippen LogP contribution < -0.4 is 10.6 Å². The Morgan fingerprint density at radius 3 is 2.80 bits per heavy atom. The van der Waals surface area contributed by atoms with Crippen molar-refractivity contribution in [3.63, 3.8) is 0 Å². The third kappa shape index (κ3) is 1.12. The molecule has 2 heterocycles. The van der Waals surface area contributed by atoms with Crippen LogP contribution in [0.1, 0.15) is 19.3 Å². The van der Waals surface area contributed by atoms with Crippen LogP contribution in [0.25, 0.3) is 0 Å². The van der Waals surface area contributed by atoms with E-state index in [1.807, 2.05) is 0 Å². The number of rotatable bonds is 0. The number of carbonyl (C=O) groups excluding carboxylic acids is 2. The molecule has 6 heteroatoms. The van der Waals surface area contributed by atoms with Gasteiger partial charge in [0.25, 0.3) is 5.91 Å². The van der Waals surface area contributed by atoms with Gasteiger partial charge in [0.15, 0.2) is 0 Å². The second kappa shape index (κ2) is 3.07. The van der Waals surface area contributed by atoms with E-state index >= 15 is 0 Å². The van der Waals surface area contributed by atoms with Crippen LogP contribution in [0.3, 0.4) is 0 Å². The third-order valence-electron chi connectivity index (χ3n) is 3.86. The lowest BCUT2D eigenvalue weighted by molar-refractivity contribution is -0.126. The van der Waals surface area contributed by atoms with Gasteiger partial charge in [0.1, 0.15) is 5.54 Å². The highest BCUT2D eigenvalue weighted by Gasteiger charge is 2.63. The number of amides is 3. The van der Waals surface area contributed by atoms with Crippen LogP contribution in [0.5, 0.6) is 0 Å². The lowest BCUT2D eigenvalue weighted by Gasteiger charge is -2.37. The van der Waals surface area contributed by atoms with Crippen LogP contribution in [-0.2, 0) is 4.79 Å². The molecule has 0 radical (unpaired) electrons. The van der Waals surface area contributed by atoms with Crippen molar-refractivity contribution in [2.75, 3.05) is 6.54 Å². The molecular formula is C9H12IN3O2. The molecule has 0 aromatic rings. The average Bonchev–Trinajstić information content (AvgIpc) is 2.52. The predicted molar refractivity (Wildman–Crippen MR) is 61.3 cm³/mol. The maximum atomic E-state index is 11.9. The maximum absolute atomic E-state index is 11.9. The minimum Gasteiger partial charge on any atom is -0.321 e. The molecule has 15 heavy (non-hydrogen) atoms. The first kappa shape index (κ1) is 9.83. The maximum Gasteiger partial charge on any atom is 0.322 e. The summed E-state index contributed by atoms with van der Waals surface area (Å²) in [5.74, 6) is 0.154. The van der Waals surface area contributed by atoms with E-state index in [-0.39, 0.29) is 23.9 Å². The first-order chi connectivity index (χ1) is 7.14. The van der Waals surface area contributed by atoms with Gasteiger partial charge in [-0.2, -0.15) is 0 Å². The summed E-state index contributed by atoms with van der Waals surface area (Å²) in [5.41, 5.74) is -0.628.